The minimum absolute atomic E-state index is 0.0360. The Morgan fingerprint density at radius 2 is 1.87 bits per heavy atom. The van der Waals surface area contributed by atoms with E-state index >= 15 is 0 Å². The lowest BCUT2D eigenvalue weighted by Gasteiger charge is -2.35. The van der Waals surface area contributed by atoms with E-state index in [1.807, 2.05) is 0 Å². The van der Waals surface area contributed by atoms with Gasteiger partial charge in [0.2, 0.25) is 0 Å². The number of alkyl halides is 3. The molecule has 0 bridgehead atoms. The summed E-state index contributed by atoms with van der Waals surface area (Å²) in [5.41, 5.74) is 9.73. The van der Waals surface area contributed by atoms with Gasteiger partial charge >= 0.3 is 12.5 Å². The van der Waals surface area contributed by atoms with Crippen molar-refractivity contribution in [3.63, 3.8) is 0 Å². The van der Waals surface area contributed by atoms with Crippen LogP contribution in [0.25, 0.3) is 5.57 Å². The molecule has 4 N–H and O–H groups in total. The summed E-state index contributed by atoms with van der Waals surface area (Å²) >= 11 is 0. The van der Waals surface area contributed by atoms with Gasteiger partial charge in [0.25, 0.3) is 0 Å². The first-order valence-corrected chi connectivity index (χ1v) is 8.96. The molecule has 0 unspecified atom stereocenters. The summed E-state index contributed by atoms with van der Waals surface area (Å²) in [6.07, 6.45) is -1.98. The maximum atomic E-state index is 12.7. The molecule has 0 aliphatic rings. The maximum Gasteiger partial charge on any atom is 0.573 e. The van der Waals surface area contributed by atoms with E-state index in [1.165, 1.54) is 11.1 Å². The number of carbonyl (C=O) groups is 1. The van der Waals surface area contributed by atoms with Crippen LogP contribution in [-0.2, 0) is 4.74 Å². The second-order valence-corrected chi connectivity index (χ2v) is 8.10. The largest absolute Gasteiger partial charge is 0.573 e. The number of aliphatic imine (C=N–C) groups is 1. The monoisotopic (exact) mass is 431 g/mol. The van der Waals surface area contributed by atoms with E-state index < -0.39 is 29.3 Å². The first-order valence-electron chi connectivity index (χ1n) is 8.96. The summed E-state index contributed by atoms with van der Waals surface area (Å²) < 4.78 is 47.4. The zero-order valence-electron chi connectivity index (χ0n) is 17.9. The summed E-state index contributed by atoms with van der Waals surface area (Å²) in [6.45, 7) is 8.92. The lowest BCUT2D eigenvalue weighted by molar-refractivity contribution is -0.274. The average Bonchev–Trinajstić information content (AvgIpc) is 2.56. The van der Waals surface area contributed by atoms with Crippen LogP contribution < -0.4 is 16.2 Å². The van der Waals surface area contributed by atoms with Crippen molar-refractivity contribution in [2.45, 2.75) is 52.1 Å². The number of hydrogen-bond acceptors (Lipinski definition) is 7. The van der Waals surface area contributed by atoms with Crippen molar-refractivity contribution in [2.24, 2.45) is 10.7 Å². The zero-order chi connectivity index (χ0) is 23.3. The molecule has 0 aliphatic carbocycles. The van der Waals surface area contributed by atoms with Gasteiger partial charge < -0.3 is 25.8 Å². The standard InChI is InChI=1S/C19H28F3N5O3/c1-17(2,3)30-16(28)27(6)18(4,5)11-25-9-12(8-23)13-10-26-15(24)7-14(13)29-19(20,21)22/h7-10H,11,23H2,1-6H3,(H2,24,26)/b12-8+,25-9?. The topological polar surface area (TPSA) is 116 Å². The van der Waals surface area contributed by atoms with Gasteiger partial charge in [0.05, 0.1) is 12.1 Å². The number of ether oxygens (including phenoxy) is 2. The van der Waals surface area contributed by atoms with Gasteiger partial charge in [-0.15, -0.1) is 13.2 Å². The Kier molecular flexibility index (Phi) is 7.71. The number of nitrogens with zero attached hydrogens (tertiary/aromatic N) is 3. The van der Waals surface area contributed by atoms with E-state index in [-0.39, 0.29) is 23.5 Å². The Hall–Kier alpha value is -2.98. The third kappa shape index (κ3) is 7.80. The van der Waals surface area contributed by atoms with E-state index in [9.17, 15) is 18.0 Å². The molecule has 168 valence electrons. The molecule has 1 amide bonds. The third-order valence-electron chi connectivity index (χ3n) is 3.89. The number of nitrogens with two attached hydrogens (primary N) is 2. The third-order valence-corrected chi connectivity index (χ3v) is 3.89. The molecule has 0 aliphatic heterocycles. The molecule has 0 fully saturated rings. The summed E-state index contributed by atoms with van der Waals surface area (Å²) in [7, 11) is 1.57. The summed E-state index contributed by atoms with van der Waals surface area (Å²) in [6, 6.07) is 0.945. The van der Waals surface area contributed by atoms with Gasteiger partial charge in [0.1, 0.15) is 17.2 Å². The minimum atomic E-state index is -4.92. The fourth-order valence-electron chi connectivity index (χ4n) is 2.13. The molecule has 1 aromatic heterocycles. The molecule has 1 aromatic rings. The van der Waals surface area contributed by atoms with E-state index in [1.54, 1.807) is 41.7 Å². The summed E-state index contributed by atoms with van der Waals surface area (Å²) in [5, 5.41) is 0. The van der Waals surface area contributed by atoms with Crippen LogP contribution in [0.15, 0.2) is 23.5 Å². The predicted octanol–water partition coefficient (Wildman–Crippen LogP) is 3.58. The first-order chi connectivity index (χ1) is 13.6. The zero-order valence-corrected chi connectivity index (χ0v) is 17.9. The van der Waals surface area contributed by atoms with Crippen molar-refractivity contribution < 1.29 is 27.4 Å². The lowest BCUT2D eigenvalue weighted by atomic mass is 10.0. The number of carbonyl (C=O) groups excluding carboxylic acids is 1. The van der Waals surface area contributed by atoms with Crippen molar-refractivity contribution >= 4 is 23.7 Å². The van der Waals surface area contributed by atoms with Crippen LogP contribution in [0.1, 0.15) is 40.2 Å². The van der Waals surface area contributed by atoms with Gasteiger partial charge in [-0.2, -0.15) is 0 Å². The molecule has 11 heteroatoms. The van der Waals surface area contributed by atoms with Crippen LogP contribution >= 0.6 is 0 Å². The van der Waals surface area contributed by atoms with E-state index in [4.69, 9.17) is 16.2 Å². The summed E-state index contributed by atoms with van der Waals surface area (Å²) in [5.74, 6) is -0.699. The molecule has 8 nitrogen and oxygen atoms in total. The Bertz CT molecular complexity index is 815. The molecule has 0 saturated carbocycles. The van der Waals surface area contributed by atoms with Crippen LogP contribution in [0.5, 0.6) is 5.75 Å². The average molecular weight is 431 g/mol. The molecule has 0 atom stereocenters. The van der Waals surface area contributed by atoms with Crippen LogP contribution in [0.4, 0.5) is 23.8 Å². The summed E-state index contributed by atoms with van der Waals surface area (Å²) in [4.78, 5) is 21.7. The van der Waals surface area contributed by atoms with Crippen molar-refractivity contribution in [3.05, 3.63) is 24.0 Å². The second kappa shape index (κ2) is 9.23. The normalized spacial score (nSPS) is 13.4. The van der Waals surface area contributed by atoms with Crippen LogP contribution in [0.2, 0.25) is 0 Å². The van der Waals surface area contributed by atoms with Gasteiger partial charge in [-0.25, -0.2) is 9.78 Å². The number of pyridine rings is 1. The fraction of sp³-hybridized carbons (Fsp3) is 0.526. The minimum Gasteiger partial charge on any atom is -0.444 e. The Morgan fingerprint density at radius 3 is 2.37 bits per heavy atom. The second-order valence-electron chi connectivity index (χ2n) is 8.10. The van der Waals surface area contributed by atoms with Gasteiger partial charge in [0.15, 0.2) is 0 Å². The highest BCUT2D eigenvalue weighted by Crippen LogP contribution is 2.31. The van der Waals surface area contributed by atoms with E-state index in [0.29, 0.717) is 0 Å². The Labute approximate surface area is 173 Å². The highest BCUT2D eigenvalue weighted by Gasteiger charge is 2.33. The SMILES string of the molecule is CN(C(=O)OC(C)(C)C)C(C)(C)CN=C/C(=C\N)c1cnc(N)cc1OC(F)(F)F. The molecule has 0 radical (unpaired) electrons. The van der Waals surface area contributed by atoms with E-state index in [2.05, 4.69) is 14.7 Å². The molecule has 0 aromatic carbocycles. The first kappa shape index (κ1) is 25.1. The van der Waals surface area contributed by atoms with Crippen molar-refractivity contribution in [3.8, 4) is 5.75 Å². The number of amides is 1. The maximum absolute atomic E-state index is 12.7. The number of anilines is 1. The van der Waals surface area contributed by atoms with Gasteiger partial charge in [0, 0.05) is 42.9 Å². The highest BCUT2D eigenvalue weighted by molar-refractivity contribution is 6.10. The molecule has 30 heavy (non-hydrogen) atoms. The molecule has 1 heterocycles. The number of allylic oxidation sites excluding steroid dienone is 1. The number of halogens is 3. The van der Waals surface area contributed by atoms with Crippen molar-refractivity contribution in [2.75, 3.05) is 19.3 Å². The van der Waals surface area contributed by atoms with Crippen molar-refractivity contribution in [1.82, 2.24) is 9.88 Å². The van der Waals surface area contributed by atoms with Crippen molar-refractivity contribution in [1.29, 1.82) is 0 Å². The number of hydrogen-bond donors (Lipinski definition) is 2. The van der Waals surface area contributed by atoms with E-state index in [0.717, 1.165) is 18.5 Å². The van der Waals surface area contributed by atoms with Gasteiger partial charge in [-0.3, -0.25) is 4.99 Å². The highest BCUT2D eigenvalue weighted by atomic mass is 19.4. The number of nitrogen functional groups attached to an aromatic ring is 1. The fourth-order valence-corrected chi connectivity index (χ4v) is 2.13. The smallest absolute Gasteiger partial charge is 0.444 e. The van der Waals surface area contributed by atoms with Crippen LogP contribution in [-0.4, -0.2) is 53.3 Å². The molecule has 0 saturated heterocycles. The molecule has 0 spiro atoms. The molecule has 1 rings (SSSR count). The number of aromatic nitrogens is 1. The molecular formula is C19H28F3N5O3. The van der Waals surface area contributed by atoms with Gasteiger partial charge in [-0.1, -0.05) is 0 Å². The Morgan fingerprint density at radius 1 is 1.27 bits per heavy atom. The predicted molar refractivity (Wildman–Crippen MR) is 109 cm³/mol. The lowest BCUT2D eigenvalue weighted by Crippen LogP contribution is -2.49. The Balaban J connectivity index is 3.02. The van der Waals surface area contributed by atoms with Crippen LogP contribution in [0.3, 0.4) is 0 Å². The molecular weight excluding hydrogens is 403 g/mol. The quantitative estimate of drug-likeness (QED) is 0.665. The van der Waals surface area contributed by atoms with Crippen LogP contribution in [0, 0.1) is 0 Å². The van der Waals surface area contributed by atoms with Gasteiger partial charge in [-0.05, 0) is 34.6 Å². The number of rotatable bonds is 6. The number of likely N-dealkylation sites (N-methyl/N-ethyl adjacent to an activating group) is 1.